The smallest absolute Gasteiger partial charge is 0.0947 e. The third kappa shape index (κ3) is 2.91. The second kappa shape index (κ2) is 6.10. The quantitative estimate of drug-likeness (QED) is 0.916. The number of nitrogens with one attached hydrogen (secondary N) is 1. The topological polar surface area (TPSA) is 31.4 Å². The van der Waals surface area contributed by atoms with Gasteiger partial charge in [-0.3, -0.25) is 0 Å². The zero-order valence-electron chi connectivity index (χ0n) is 12.9. The molecule has 20 heavy (non-hydrogen) atoms. The van der Waals surface area contributed by atoms with Gasteiger partial charge >= 0.3 is 0 Å². The van der Waals surface area contributed by atoms with Gasteiger partial charge in [0.1, 0.15) is 0 Å². The Hall–Kier alpha value is -0.490. The molecule has 1 aliphatic heterocycles. The van der Waals surface area contributed by atoms with Gasteiger partial charge in [-0.1, -0.05) is 0 Å². The molecule has 0 bridgehead atoms. The molecule has 1 aliphatic carbocycles. The number of fused-ring (bicyclic) bond motifs is 1. The van der Waals surface area contributed by atoms with Gasteiger partial charge in [0.2, 0.25) is 0 Å². The first-order chi connectivity index (χ1) is 9.67. The molecule has 0 saturated carbocycles. The highest BCUT2D eigenvalue weighted by atomic mass is 32.1. The summed E-state index contributed by atoms with van der Waals surface area (Å²) in [7, 11) is 6.55. The van der Waals surface area contributed by atoms with E-state index in [0.717, 1.165) is 13.0 Å². The van der Waals surface area contributed by atoms with Gasteiger partial charge in [0.25, 0.3) is 0 Å². The van der Waals surface area contributed by atoms with Gasteiger partial charge in [0.05, 0.1) is 10.7 Å². The van der Waals surface area contributed by atoms with Gasteiger partial charge < -0.3 is 15.1 Å². The third-order valence-electron chi connectivity index (χ3n) is 4.73. The SMILES string of the molecule is CNC1CCCc2nc(CC3CN(C)CCN3C)sc21. The fourth-order valence-corrected chi connectivity index (χ4v) is 4.69. The summed E-state index contributed by atoms with van der Waals surface area (Å²) in [5.41, 5.74) is 1.36. The van der Waals surface area contributed by atoms with Crippen LogP contribution in [-0.4, -0.2) is 61.6 Å². The first-order valence-electron chi connectivity index (χ1n) is 7.72. The lowest BCUT2D eigenvalue weighted by molar-refractivity contribution is 0.114. The van der Waals surface area contributed by atoms with E-state index in [-0.39, 0.29) is 0 Å². The zero-order valence-corrected chi connectivity index (χ0v) is 13.7. The predicted octanol–water partition coefficient (Wildman–Crippen LogP) is 1.53. The van der Waals surface area contributed by atoms with Gasteiger partial charge in [-0.05, 0) is 40.4 Å². The van der Waals surface area contributed by atoms with Gasteiger partial charge in [-0.25, -0.2) is 4.98 Å². The first-order valence-corrected chi connectivity index (χ1v) is 8.53. The summed E-state index contributed by atoms with van der Waals surface area (Å²) in [6, 6.07) is 1.16. The molecule has 0 aromatic carbocycles. The Morgan fingerprint density at radius 2 is 2.20 bits per heavy atom. The minimum absolute atomic E-state index is 0.539. The highest BCUT2D eigenvalue weighted by molar-refractivity contribution is 7.11. The van der Waals surface area contributed by atoms with E-state index in [1.807, 2.05) is 11.3 Å². The van der Waals surface area contributed by atoms with Crippen LogP contribution in [0.25, 0.3) is 0 Å². The van der Waals surface area contributed by atoms with Crippen LogP contribution in [0.5, 0.6) is 0 Å². The molecular formula is C15H26N4S. The van der Waals surface area contributed by atoms with Crippen LogP contribution < -0.4 is 5.32 Å². The number of hydrogen-bond donors (Lipinski definition) is 1. The predicted molar refractivity (Wildman–Crippen MR) is 84.5 cm³/mol. The number of nitrogens with zero attached hydrogens (tertiary/aromatic N) is 3. The van der Waals surface area contributed by atoms with Crippen molar-refractivity contribution < 1.29 is 0 Å². The molecule has 0 amide bonds. The summed E-state index contributed by atoms with van der Waals surface area (Å²) in [6.45, 7) is 3.52. The number of likely N-dealkylation sites (N-methyl/N-ethyl adjacent to an activating group) is 2. The van der Waals surface area contributed by atoms with Gasteiger partial charge in [0, 0.05) is 43.0 Å². The van der Waals surface area contributed by atoms with Crippen LogP contribution in [0.2, 0.25) is 0 Å². The highest BCUT2D eigenvalue weighted by Gasteiger charge is 2.27. The Morgan fingerprint density at radius 3 is 3.00 bits per heavy atom. The fourth-order valence-electron chi connectivity index (χ4n) is 3.36. The molecular weight excluding hydrogens is 268 g/mol. The van der Waals surface area contributed by atoms with E-state index in [1.165, 1.54) is 47.9 Å². The van der Waals surface area contributed by atoms with Crippen LogP contribution in [-0.2, 0) is 12.8 Å². The van der Waals surface area contributed by atoms with Crippen molar-refractivity contribution in [1.29, 1.82) is 0 Å². The van der Waals surface area contributed by atoms with Crippen molar-refractivity contribution in [1.82, 2.24) is 20.1 Å². The third-order valence-corrected chi connectivity index (χ3v) is 5.97. The molecule has 2 unspecified atom stereocenters. The summed E-state index contributed by atoms with van der Waals surface area (Å²) in [6.07, 6.45) is 4.81. The van der Waals surface area contributed by atoms with Crippen molar-refractivity contribution in [2.24, 2.45) is 0 Å². The molecule has 5 heteroatoms. The summed E-state index contributed by atoms with van der Waals surface area (Å²) >= 11 is 1.95. The second-order valence-electron chi connectivity index (χ2n) is 6.25. The number of hydrogen-bond acceptors (Lipinski definition) is 5. The number of thiazole rings is 1. The fraction of sp³-hybridized carbons (Fsp3) is 0.800. The summed E-state index contributed by atoms with van der Waals surface area (Å²) < 4.78 is 0. The van der Waals surface area contributed by atoms with Crippen LogP contribution in [0.3, 0.4) is 0 Å². The lowest BCUT2D eigenvalue weighted by Crippen LogP contribution is -2.50. The van der Waals surface area contributed by atoms with Crippen molar-refractivity contribution in [2.75, 3.05) is 40.8 Å². The largest absolute Gasteiger partial charge is 0.312 e. The minimum Gasteiger partial charge on any atom is -0.312 e. The maximum atomic E-state index is 4.94. The van der Waals surface area contributed by atoms with Crippen molar-refractivity contribution in [3.63, 3.8) is 0 Å². The molecule has 1 aromatic heterocycles. The van der Waals surface area contributed by atoms with E-state index >= 15 is 0 Å². The number of aromatic nitrogens is 1. The average Bonchev–Trinajstić information content (AvgIpc) is 2.85. The van der Waals surface area contributed by atoms with Gasteiger partial charge in [-0.2, -0.15) is 0 Å². The summed E-state index contributed by atoms with van der Waals surface area (Å²) in [5.74, 6) is 0. The van der Waals surface area contributed by atoms with Crippen LogP contribution in [0.1, 0.15) is 34.5 Å². The standard InChI is InChI=1S/C15H26N4S/c1-16-12-5-4-6-13-15(12)20-14(17-13)9-11-10-18(2)7-8-19(11)3/h11-12,16H,4-10H2,1-3H3. The molecule has 112 valence electrons. The molecule has 1 aromatic rings. The molecule has 1 N–H and O–H groups in total. The van der Waals surface area contributed by atoms with Crippen LogP contribution in [0.4, 0.5) is 0 Å². The van der Waals surface area contributed by atoms with E-state index in [4.69, 9.17) is 4.98 Å². The summed E-state index contributed by atoms with van der Waals surface area (Å²) in [5, 5.41) is 4.78. The van der Waals surface area contributed by atoms with Gasteiger partial charge in [0.15, 0.2) is 0 Å². The van der Waals surface area contributed by atoms with Crippen LogP contribution >= 0.6 is 11.3 Å². The Labute approximate surface area is 126 Å². The van der Waals surface area contributed by atoms with Crippen molar-refractivity contribution in [3.05, 3.63) is 15.6 Å². The Balaban J connectivity index is 1.73. The Bertz CT molecular complexity index is 459. The molecule has 2 atom stereocenters. The monoisotopic (exact) mass is 294 g/mol. The molecule has 1 saturated heterocycles. The van der Waals surface area contributed by atoms with Crippen molar-refractivity contribution in [3.8, 4) is 0 Å². The van der Waals surface area contributed by atoms with E-state index in [1.54, 1.807) is 0 Å². The van der Waals surface area contributed by atoms with Gasteiger partial charge in [-0.15, -0.1) is 11.3 Å². The maximum Gasteiger partial charge on any atom is 0.0947 e. The van der Waals surface area contributed by atoms with E-state index < -0.39 is 0 Å². The van der Waals surface area contributed by atoms with Crippen molar-refractivity contribution in [2.45, 2.75) is 37.8 Å². The Kier molecular flexibility index (Phi) is 4.40. The maximum absolute atomic E-state index is 4.94. The Morgan fingerprint density at radius 1 is 1.35 bits per heavy atom. The van der Waals surface area contributed by atoms with Crippen LogP contribution in [0.15, 0.2) is 0 Å². The normalized spacial score (nSPS) is 28.6. The molecule has 2 aliphatic rings. The van der Waals surface area contributed by atoms with E-state index in [0.29, 0.717) is 12.1 Å². The van der Waals surface area contributed by atoms with Crippen molar-refractivity contribution >= 4 is 11.3 Å². The molecule has 1 fully saturated rings. The minimum atomic E-state index is 0.539. The number of piperazine rings is 1. The molecule has 0 radical (unpaired) electrons. The molecule has 2 heterocycles. The lowest BCUT2D eigenvalue weighted by atomic mass is 9.98. The molecule has 0 spiro atoms. The van der Waals surface area contributed by atoms with E-state index in [9.17, 15) is 0 Å². The molecule has 3 rings (SSSR count). The van der Waals surface area contributed by atoms with Crippen LogP contribution in [0, 0.1) is 0 Å². The number of aryl methyl sites for hydroxylation is 1. The summed E-state index contributed by atoms with van der Waals surface area (Å²) in [4.78, 5) is 11.4. The zero-order chi connectivity index (χ0) is 14.1. The first kappa shape index (κ1) is 14.4. The second-order valence-corrected chi connectivity index (χ2v) is 7.37. The highest BCUT2D eigenvalue weighted by Crippen LogP contribution is 2.34. The average molecular weight is 294 g/mol. The number of rotatable bonds is 3. The lowest BCUT2D eigenvalue weighted by Gasteiger charge is -2.37. The molecule has 4 nitrogen and oxygen atoms in total. The van der Waals surface area contributed by atoms with E-state index in [2.05, 4.69) is 36.3 Å².